The molecular formula is C29H28ClN7O. The number of benzene rings is 1. The maximum absolute atomic E-state index is 13.8. The molecule has 3 heterocycles. The van der Waals surface area contributed by atoms with Gasteiger partial charge in [0, 0.05) is 11.4 Å². The monoisotopic (exact) mass is 525 g/mol. The minimum absolute atomic E-state index is 0.229. The number of nitrogens with two attached hydrogens (primary N) is 1. The number of allylic oxidation sites excluding steroid dienone is 4. The Bertz CT molecular complexity index is 1680. The number of aromatic nitrogens is 5. The van der Waals surface area contributed by atoms with Crippen molar-refractivity contribution >= 4 is 39.8 Å². The molecule has 0 bridgehead atoms. The predicted molar refractivity (Wildman–Crippen MR) is 154 cm³/mol. The first-order valence-corrected chi connectivity index (χ1v) is 12.6. The van der Waals surface area contributed by atoms with E-state index in [1.165, 1.54) is 6.33 Å². The summed E-state index contributed by atoms with van der Waals surface area (Å²) in [7, 11) is 0. The van der Waals surface area contributed by atoms with E-state index in [0.717, 1.165) is 11.4 Å². The summed E-state index contributed by atoms with van der Waals surface area (Å²) < 4.78 is 1.61. The average molecular weight is 526 g/mol. The largest absolute Gasteiger partial charge is 0.382 e. The van der Waals surface area contributed by atoms with Gasteiger partial charge in [0.2, 0.25) is 0 Å². The van der Waals surface area contributed by atoms with Gasteiger partial charge in [-0.1, -0.05) is 48.7 Å². The summed E-state index contributed by atoms with van der Waals surface area (Å²) in [5.41, 5.74) is 9.13. The normalized spacial score (nSPS) is 12.4. The highest BCUT2D eigenvalue weighted by Gasteiger charge is 2.21. The van der Waals surface area contributed by atoms with E-state index in [1.807, 2.05) is 64.1 Å². The molecular weight excluding hydrogens is 498 g/mol. The van der Waals surface area contributed by atoms with Gasteiger partial charge in [0.05, 0.1) is 22.0 Å². The van der Waals surface area contributed by atoms with Gasteiger partial charge in [-0.3, -0.25) is 9.36 Å². The second kappa shape index (κ2) is 11.7. The predicted octanol–water partition coefficient (Wildman–Crippen LogP) is 5.53. The average Bonchev–Trinajstić information content (AvgIpc) is 2.89. The first kappa shape index (κ1) is 26.6. The van der Waals surface area contributed by atoms with Crippen molar-refractivity contribution in [2.24, 2.45) is 0 Å². The first-order chi connectivity index (χ1) is 18.3. The summed E-state index contributed by atoms with van der Waals surface area (Å²) in [6.45, 7) is 7.70. The topological polar surface area (TPSA) is 112 Å². The van der Waals surface area contributed by atoms with E-state index < -0.39 is 6.04 Å². The van der Waals surface area contributed by atoms with Gasteiger partial charge in [-0.05, 0) is 63.5 Å². The van der Waals surface area contributed by atoms with Gasteiger partial charge in [-0.25, -0.2) is 19.9 Å². The van der Waals surface area contributed by atoms with Crippen LogP contribution in [0, 0.1) is 18.8 Å². The van der Waals surface area contributed by atoms with Gasteiger partial charge < -0.3 is 11.1 Å². The number of halogens is 1. The van der Waals surface area contributed by atoms with E-state index in [4.69, 9.17) is 22.3 Å². The van der Waals surface area contributed by atoms with Gasteiger partial charge in [-0.2, -0.15) is 0 Å². The third kappa shape index (κ3) is 5.58. The van der Waals surface area contributed by atoms with Gasteiger partial charge in [-0.15, -0.1) is 0 Å². The number of hydrogen-bond acceptors (Lipinski definition) is 7. The summed E-state index contributed by atoms with van der Waals surface area (Å²) in [4.78, 5) is 31.5. The molecule has 0 saturated heterocycles. The molecule has 8 nitrogen and oxygen atoms in total. The van der Waals surface area contributed by atoms with Crippen LogP contribution in [0.15, 0.2) is 65.7 Å². The summed E-state index contributed by atoms with van der Waals surface area (Å²) in [5, 5.41) is 4.07. The summed E-state index contributed by atoms with van der Waals surface area (Å²) in [6.07, 6.45) is 7.66. The highest BCUT2D eigenvalue weighted by atomic mass is 35.5. The zero-order valence-corrected chi connectivity index (χ0v) is 22.4. The van der Waals surface area contributed by atoms with Crippen molar-refractivity contribution in [1.82, 2.24) is 24.5 Å². The molecule has 4 rings (SSSR count). The van der Waals surface area contributed by atoms with Crippen LogP contribution in [-0.4, -0.2) is 24.5 Å². The molecule has 38 heavy (non-hydrogen) atoms. The number of aryl methyl sites for hydroxylation is 1. The maximum Gasteiger partial charge on any atom is 0.267 e. The number of nitrogens with one attached hydrogen (secondary N) is 1. The molecule has 3 aromatic heterocycles. The molecule has 9 heteroatoms. The molecule has 0 amide bonds. The van der Waals surface area contributed by atoms with E-state index in [2.05, 4.69) is 32.1 Å². The van der Waals surface area contributed by atoms with Crippen LogP contribution in [0.25, 0.3) is 16.6 Å². The van der Waals surface area contributed by atoms with Gasteiger partial charge in [0.25, 0.3) is 5.56 Å². The Hall–Kier alpha value is -4.48. The van der Waals surface area contributed by atoms with Crippen LogP contribution in [0.3, 0.4) is 0 Å². The van der Waals surface area contributed by atoms with Crippen LogP contribution in [-0.2, 0) is 0 Å². The molecule has 1 aromatic carbocycles. The van der Waals surface area contributed by atoms with Crippen molar-refractivity contribution in [2.75, 3.05) is 11.1 Å². The SMILES string of the molecule is C/C=C\C=C(/CC)n1c(C(C)Nc2ncnc(N)c2C#Cc2cccc(C)n2)nc2cccc(Cl)c2c1=O. The Balaban J connectivity index is 1.84. The smallest absolute Gasteiger partial charge is 0.267 e. The fraction of sp³-hybridized carbons (Fsp3) is 0.207. The molecule has 3 N–H and O–H groups in total. The molecule has 1 unspecified atom stereocenters. The van der Waals surface area contributed by atoms with E-state index in [-0.39, 0.29) is 11.4 Å². The Labute approximate surface area is 226 Å². The van der Waals surface area contributed by atoms with Crippen molar-refractivity contribution in [3.05, 3.63) is 99.1 Å². The summed E-state index contributed by atoms with van der Waals surface area (Å²) >= 11 is 6.43. The summed E-state index contributed by atoms with van der Waals surface area (Å²) in [5.74, 6) is 7.24. The van der Waals surface area contributed by atoms with Crippen LogP contribution in [0.2, 0.25) is 5.02 Å². The van der Waals surface area contributed by atoms with E-state index >= 15 is 0 Å². The molecule has 0 aliphatic heterocycles. The van der Waals surface area contributed by atoms with Crippen molar-refractivity contribution in [2.45, 2.75) is 40.2 Å². The van der Waals surface area contributed by atoms with Crippen molar-refractivity contribution in [3.8, 4) is 11.8 Å². The molecule has 0 aliphatic carbocycles. The molecule has 0 radical (unpaired) electrons. The highest BCUT2D eigenvalue weighted by Crippen LogP contribution is 2.26. The summed E-state index contributed by atoms with van der Waals surface area (Å²) in [6, 6.07) is 10.4. The Morgan fingerprint density at radius 3 is 2.71 bits per heavy atom. The second-order valence-electron chi connectivity index (χ2n) is 8.54. The van der Waals surface area contributed by atoms with Crippen LogP contribution in [0.1, 0.15) is 56.0 Å². The van der Waals surface area contributed by atoms with Gasteiger partial charge in [0.1, 0.15) is 35.0 Å². The molecule has 0 aliphatic rings. The maximum atomic E-state index is 13.8. The lowest BCUT2D eigenvalue weighted by Crippen LogP contribution is -2.28. The number of fused-ring (bicyclic) bond motifs is 1. The zero-order valence-electron chi connectivity index (χ0n) is 21.7. The number of pyridine rings is 1. The number of anilines is 2. The zero-order chi connectivity index (χ0) is 27.2. The number of rotatable bonds is 6. The molecule has 4 aromatic rings. The molecule has 0 fully saturated rings. The van der Waals surface area contributed by atoms with E-state index in [9.17, 15) is 4.79 Å². The van der Waals surface area contributed by atoms with Crippen LogP contribution < -0.4 is 16.6 Å². The highest BCUT2D eigenvalue weighted by molar-refractivity contribution is 6.35. The lowest BCUT2D eigenvalue weighted by atomic mass is 10.1. The Kier molecular flexibility index (Phi) is 8.19. The van der Waals surface area contributed by atoms with E-state index in [1.54, 1.807) is 22.8 Å². The van der Waals surface area contributed by atoms with Crippen LogP contribution >= 0.6 is 11.6 Å². The number of hydrogen-bond donors (Lipinski definition) is 2. The van der Waals surface area contributed by atoms with Crippen molar-refractivity contribution < 1.29 is 0 Å². The van der Waals surface area contributed by atoms with Gasteiger partial charge in [0.15, 0.2) is 0 Å². The standard InChI is InChI=1S/C29H28ClN7O/c1-5-7-12-21(6-2)37-28(36-24-14-9-13-23(30)25(24)29(37)38)19(4)35-27-22(26(31)32-17-33-27)16-15-20-11-8-10-18(3)34-20/h5,7-14,17,19H,6H2,1-4H3,(H3,31,32,33,35)/b7-5-,21-12+. The fourth-order valence-corrected chi connectivity index (χ4v) is 4.22. The second-order valence-corrected chi connectivity index (χ2v) is 8.95. The van der Waals surface area contributed by atoms with Crippen LogP contribution in [0.4, 0.5) is 11.6 Å². The first-order valence-electron chi connectivity index (χ1n) is 12.2. The minimum atomic E-state index is -0.460. The Morgan fingerprint density at radius 1 is 1.18 bits per heavy atom. The quantitative estimate of drug-likeness (QED) is 0.251. The minimum Gasteiger partial charge on any atom is -0.382 e. The lowest BCUT2D eigenvalue weighted by Gasteiger charge is -2.22. The van der Waals surface area contributed by atoms with Crippen LogP contribution in [0.5, 0.6) is 0 Å². The number of nitrogen functional groups attached to an aromatic ring is 1. The Morgan fingerprint density at radius 2 is 1.97 bits per heavy atom. The fourth-order valence-electron chi connectivity index (χ4n) is 3.97. The van der Waals surface area contributed by atoms with Gasteiger partial charge >= 0.3 is 0 Å². The molecule has 1 atom stereocenters. The lowest BCUT2D eigenvalue weighted by molar-refractivity contribution is 0.729. The van der Waals surface area contributed by atoms with E-state index in [0.29, 0.717) is 45.2 Å². The third-order valence-electron chi connectivity index (χ3n) is 5.82. The number of nitrogens with zero attached hydrogens (tertiary/aromatic N) is 5. The molecule has 192 valence electrons. The van der Waals surface area contributed by atoms with Crippen molar-refractivity contribution in [3.63, 3.8) is 0 Å². The van der Waals surface area contributed by atoms with Crippen molar-refractivity contribution in [1.29, 1.82) is 0 Å². The molecule has 0 saturated carbocycles. The third-order valence-corrected chi connectivity index (χ3v) is 6.14. The molecule has 0 spiro atoms.